The summed E-state index contributed by atoms with van der Waals surface area (Å²) < 4.78 is 41.5. The first-order chi connectivity index (χ1) is 17.3. The van der Waals surface area contributed by atoms with Crippen molar-refractivity contribution in [2.75, 3.05) is 18.5 Å². The van der Waals surface area contributed by atoms with Crippen LogP contribution in [0.15, 0.2) is 47.6 Å². The molecule has 10 nitrogen and oxygen atoms in total. The minimum absolute atomic E-state index is 0.180. The number of ether oxygens (including phenoxy) is 2. The van der Waals surface area contributed by atoms with Crippen molar-refractivity contribution in [2.24, 2.45) is 0 Å². The fourth-order valence-corrected chi connectivity index (χ4v) is 5.81. The second-order valence-corrected chi connectivity index (χ2v) is 10.8. The van der Waals surface area contributed by atoms with Crippen LogP contribution in [-0.2, 0) is 14.8 Å². The third kappa shape index (κ3) is 4.44. The first-order valence-electron chi connectivity index (χ1n) is 12.0. The second-order valence-electron chi connectivity index (χ2n) is 9.03. The zero-order valence-electron chi connectivity index (χ0n) is 20.8. The van der Waals surface area contributed by atoms with Crippen LogP contribution >= 0.6 is 0 Å². The number of nitrogens with one attached hydrogen (secondary N) is 1. The molecule has 3 aromatic heterocycles. The Morgan fingerprint density at radius 2 is 1.94 bits per heavy atom. The van der Waals surface area contributed by atoms with Crippen molar-refractivity contribution in [3.05, 3.63) is 54.0 Å². The molecule has 0 saturated carbocycles. The summed E-state index contributed by atoms with van der Waals surface area (Å²) in [6, 6.07) is 8.64. The summed E-state index contributed by atoms with van der Waals surface area (Å²) in [6.07, 6.45) is 5.20. The number of hydrogen-bond acceptors (Lipinski definition) is 8. The van der Waals surface area contributed by atoms with Gasteiger partial charge in [0.15, 0.2) is 5.65 Å². The van der Waals surface area contributed by atoms with Crippen LogP contribution in [0.2, 0.25) is 0 Å². The summed E-state index contributed by atoms with van der Waals surface area (Å²) in [5.74, 6) is 0.541. The summed E-state index contributed by atoms with van der Waals surface area (Å²) in [7, 11) is -3.87. The largest absolute Gasteiger partial charge is 0.477 e. The average molecular weight is 511 g/mol. The zero-order valence-corrected chi connectivity index (χ0v) is 21.6. The highest BCUT2D eigenvalue weighted by Crippen LogP contribution is 2.31. The molecule has 11 heteroatoms. The van der Waals surface area contributed by atoms with E-state index in [4.69, 9.17) is 9.47 Å². The van der Waals surface area contributed by atoms with Crippen LogP contribution in [0.1, 0.15) is 44.0 Å². The normalized spacial score (nSPS) is 18.4. The van der Waals surface area contributed by atoms with Crippen LogP contribution in [0, 0.1) is 13.8 Å². The molecule has 0 amide bonds. The van der Waals surface area contributed by atoms with Crippen LogP contribution in [0.4, 0.5) is 11.6 Å². The van der Waals surface area contributed by atoms with Crippen molar-refractivity contribution in [2.45, 2.75) is 57.6 Å². The molecule has 1 N–H and O–H groups in total. The van der Waals surface area contributed by atoms with Gasteiger partial charge in [-0.1, -0.05) is 17.7 Å². The highest BCUT2D eigenvalue weighted by molar-refractivity contribution is 7.90. The van der Waals surface area contributed by atoms with Gasteiger partial charge in [0.25, 0.3) is 10.0 Å². The molecule has 1 aliphatic rings. The Morgan fingerprint density at radius 3 is 2.67 bits per heavy atom. The maximum absolute atomic E-state index is 13.4. The second kappa shape index (κ2) is 9.55. The van der Waals surface area contributed by atoms with Crippen LogP contribution < -0.4 is 10.1 Å². The molecule has 2 unspecified atom stereocenters. The summed E-state index contributed by atoms with van der Waals surface area (Å²) >= 11 is 0. The van der Waals surface area contributed by atoms with Gasteiger partial charge in [-0.3, -0.25) is 4.68 Å². The summed E-state index contributed by atoms with van der Waals surface area (Å²) in [5, 5.41) is 8.34. The van der Waals surface area contributed by atoms with Gasteiger partial charge in [-0.2, -0.15) is 15.1 Å². The molecule has 0 aliphatic carbocycles. The first-order valence-corrected chi connectivity index (χ1v) is 13.5. The molecule has 190 valence electrons. The predicted octanol–water partition coefficient (Wildman–Crippen LogP) is 4.36. The van der Waals surface area contributed by atoms with E-state index in [0.29, 0.717) is 24.5 Å². The van der Waals surface area contributed by atoms with Crippen molar-refractivity contribution in [1.82, 2.24) is 23.7 Å². The van der Waals surface area contributed by atoms with E-state index in [1.54, 1.807) is 36.5 Å². The number of nitrogens with zero attached hydrogens (tertiary/aromatic N) is 5. The molecule has 0 bridgehead atoms. The van der Waals surface area contributed by atoms with Gasteiger partial charge in [-0.25, -0.2) is 12.4 Å². The lowest BCUT2D eigenvalue weighted by Crippen LogP contribution is -2.26. The number of anilines is 2. The van der Waals surface area contributed by atoms with Gasteiger partial charge in [0.2, 0.25) is 11.8 Å². The van der Waals surface area contributed by atoms with Crippen molar-refractivity contribution in [3.63, 3.8) is 0 Å². The summed E-state index contributed by atoms with van der Waals surface area (Å²) in [4.78, 5) is 9.29. The number of aryl methyl sites for hydroxylation is 1. The smallest absolute Gasteiger partial charge is 0.269 e. The Morgan fingerprint density at radius 1 is 1.17 bits per heavy atom. The Hall–Kier alpha value is -3.44. The molecule has 1 aromatic carbocycles. The van der Waals surface area contributed by atoms with Gasteiger partial charge in [0, 0.05) is 12.8 Å². The molecule has 5 rings (SSSR count). The van der Waals surface area contributed by atoms with E-state index >= 15 is 0 Å². The zero-order chi connectivity index (χ0) is 25.4. The highest BCUT2D eigenvalue weighted by atomic mass is 32.2. The maximum atomic E-state index is 13.4. The molecule has 1 saturated heterocycles. The number of rotatable bonds is 7. The average Bonchev–Trinajstić information content (AvgIpc) is 3.44. The lowest BCUT2D eigenvalue weighted by molar-refractivity contribution is 0.00313. The van der Waals surface area contributed by atoms with E-state index in [9.17, 15) is 8.42 Å². The van der Waals surface area contributed by atoms with Crippen LogP contribution in [0.25, 0.3) is 11.0 Å². The van der Waals surface area contributed by atoms with Crippen molar-refractivity contribution < 1.29 is 17.9 Å². The monoisotopic (exact) mass is 510 g/mol. The van der Waals surface area contributed by atoms with E-state index in [1.807, 2.05) is 25.5 Å². The SMILES string of the molecule is CCOc1nc(Nc2cnn(C3CCOC(C)C3)c2C)nc2c1ccn2S(=O)(=O)c1ccc(C)cc1. The predicted molar refractivity (Wildman–Crippen MR) is 136 cm³/mol. The topological polar surface area (TPSA) is 113 Å². The van der Waals surface area contributed by atoms with E-state index < -0.39 is 10.0 Å². The van der Waals surface area contributed by atoms with Gasteiger partial charge in [-0.05, 0) is 58.7 Å². The molecule has 0 spiro atoms. The van der Waals surface area contributed by atoms with E-state index in [-0.39, 0.29) is 28.6 Å². The van der Waals surface area contributed by atoms with Crippen molar-refractivity contribution >= 4 is 32.7 Å². The van der Waals surface area contributed by atoms with Crippen LogP contribution in [0.5, 0.6) is 5.88 Å². The molecule has 4 heterocycles. The molecule has 0 radical (unpaired) electrons. The highest BCUT2D eigenvalue weighted by Gasteiger charge is 2.25. The quantitative estimate of drug-likeness (QED) is 0.390. The van der Waals surface area contributed by atoms with E-state index in [1.165, 1.54) is 10.2 Å². The third-order valence-corrected chi connectivity index (χ3v) is 8.11. The number of benzene rings is 1. The summed E-state index contributed by atoms with van der Waals surface area (Å²) in [5.41, 5.74) is 2.90. The maximum Gasteiger partial charge on any atom is 0.269 e. The standard InChI is InChI=1S/C25H30N6O4S/c1-5-34-24-21-10-12-30(36(32,33)20-8-6-16(2)7-9-20)23(21)28-25(29-24)27-22-15-26-31(18(22)4)19-11-13-35-17(3)14-19/h6-10,12,15,17,19H,5,11,13-14H2,1-4H3,(H,27,28,29). The van der Waals surface area contributed by atoms with Crippen molar-refractivity contribution in [1.29, 1.82) is 0 Å². The number of fused-ring (bicyclic) bond motifs is 1. The minimum Gasteiger partial charge on any atom is -0.477 e. The molecular formula is C25H30N6O4S. The van der Waals surface area contributed by atoms with E-state index in [2.05, 4.69) is 27.3 Å². The number of aromatic nitrogens is 5. The Labute approximate surface area is 210 Å². The Bertz CT molecular complexity index is 1490. The molecule has 36 heavy (non-hydrogen) atoms. The lowest BCUT2D eigenvalue weighted by Gasteiger charge is -2.28. The lowest BCUT2D eigenvalue weighted by atomic mass is 10.0. The molecular weight excluding hydrogens is 480 g/mol. The van der Waals surface area contributed by atoms with Gasteiger partial charge in [-0.15, -0.1) is 0 Å². The fourth-order valence-electron chi connectivity index (χ4n) is 4.52. The molecule has 1 fully saturated rings. The van der Waals surface area contributed by atoms with Gasteiger partial charge >= 0.3 is 0 Å². The molecule has 4 aromatic rings. The number of hydrogen-bond donors (Lipinski definition) is 1. The van der Waals surface area contributed by atoms with Crippen LogP contribution in [0.3, 0.4) is 0 Å². The minimum atomic E-state index is -3.87. The first kappa shape index (κ1) is 24.3. The van der Waals surface area contributed by atoms with Gasteiger partial charge < -0.3 is 14.8 Å². The van der Waals surface area contributed by atoms with E-state index in [0.717, 1.165) is 29.8 Å². The van der Waals surface area contributed by atoms with Crippen LogP contribution in [-0.4, -0.2) is 51.5 Å². The molecule has 1 aliphatic heterocycles. The summed E-state index contributed by atoms with van der Waals surface area (Å²) in [6.45, 7) is 8.90. The Kier molecular flexibility index (Phi) is 6.44. The fraction of sp³-hybridized carbons (Fsp3) is 0.400. The van der Waals surface area contributed by atoms with Crippen molar-refractivity contribution in [3.8, 4) is 5.88 Å². The Balaban J connectivity index is 1.53. The van der Waals surface area contributed by atoms with Gasteiger partial charge in [0.1, 0.15) is 0 Å². The van der Waals surface area contributed by atoms with Gasteiger partial charge in [0.05, 0.1) is 46.6 Å². The molecule has 2 atom stereocenters. The third-order valence-electron chi connectivity index (χ3n) is 6.43.